The van der Waals surface area contributed by atoms with Gasteiger partial charge in [0.15, 0.2) is 5.58 Å². The summed E-state index contributed by atoms with van der Waals surface area (Å²) in [6.45, 7) is 4.80. The summed E-state index contributed by atoms with van der Waals surface area (Å²) in [6.07, 6.45) is 6.88. The van der Waals surface area contributed by atoms with E-state index in [0.717, 1.165) is 73.8 Å². The van der Waals surface area contributed by atoms with E-state index < -0.39 is 5.41 Å². The lowest BCUT2D eigenvalue weighted by molar-refractivity contribution is 0.651. The van der Waals surface area contributed by atoms with Gasteiger partial charge in [0.1, 0.15) is 16.7 Å². The van der Waals surface area contributed by atoms with Crippen LogP contribution in [0.5, 0.6) is 0 Å². The van der Waals surface area contributed by atoms with Gasteiger partial charge < -0.3 is 13.7 Å². The normalized spacial score (nSPS) is 15.6. The van der Waals surface area contributed by atoms with E-state index in [9.17, 15) is 0 Å². The zero-order chi connectivity index (χ0) is 44.2. The van der Waals surface area contributed by atoms with Crippen LogP contribution in [0.2, 0.25) is 0 Å². The monoisotopic (exact) mass is 857 g/mol. The van der Waals surface area contributed by atoms with E-state index in [0.29, 0.717) is 0 Å². The van der Waals surface area contributed by atoms with Crippen molar-refractivity contribution in [3.05, 3.63) is 239 Å². The molecule has 3 heteroatoms. The van der Waals surface area contributed by atoms with Gasteiger partial charge in [0.05, 0.1) is 11.1 Å². The van der Waals surface area contributed by atoms with Crippen molar-refractivity contribution in [2.24, 2.45) is 0 Å². The third-order valence-corrected chi connectivity index (χ3v) is 15.8. The third kappa shape index (κ3) is 4.75. The molecular weight excluding hydrogens is 815 g/mol. The predicted octanol–water partition coefficient (Wildman–Crippen LogP) is 17.4. The molecule has 2 aromatic heterocycles. The van der Waals surface area contributed by atoms with Crippen LogP contribution in [-0.2, 0) is 10.8 Å². The Bertz CT molecular complexity index is 3960. The van der Waals surface area contributed by atoms with Gasteiger partial charge in [-0.3, -0.25) is 0 Å². The number of fused-ring (bicyclic) bond motifs is 20. The highest BCUT2D eigenvalue weighted by Gasteiger charge is 2.54. The first kappa shape index (κ1) is 37.1. The first-order valence-electron chi connectivity index (χ1n) is 23.6. The molecular formula is C64H43NO2. The molecule has 0 bridgehead atoms. The summed E-state index contributed by atoms with van der Waals surface area (Å²) in [5, 5.41) is 4.48. The van der Waals surface area contributed by atoms with Crippen molar-refractivity contribution in [3.63, 3.8) is 0 Å². The zero-order valence-corrected chi connectivity index (χ0v) is 37.2. The Morgan fingerprint density at radius 1 is 0.463 bits per heavy atom. The summed E-state index contributed by atoms with van der Waals surface area (Å²) in [6, 6.07) is 69.4. The van der Waals surface area contributed by atoms with E-state index in [4.69, 9.17) is 8.83 Å². The smallest absolute Gasteiger partial charge is 0.160 e. The number of rotatable bonds is 4. The molecule has 4 aliphatic rings. The third-order valence-electron chi connectivity index (χ3n) is 15.8. The second kappa shape index (κ2) is 13.2. The molecule has 1 spiro atoms. The molecule has 0 unspecified atom stereocenters. The lowest BCUT2D eigenvalue weighted by Gasteiger charge is -2.33. The largest absolute Gasteiger partial charge is 0.456 e. The van der Waals surface area contributed by atoms with Crippen LogP contribution in [0, 0.1) is 0 Å². The van der Waals surface area contributed by atoms with Crippen LogP contribution in [0.4, 0.5) is 17.1 Å². The fraction of sp³-hybridized carbons (Fsp3) is 0.0938. The van der Waals surface area contributed by atoms with Crippen LogP contribution < -0.4 is 4.90 Å². The van der Waals surface area contributed by atoms with Gasteiger partial charge in [-0.1, -0.05) is 166 Å². The number of benzene rings is 9. The summed E-state index contributed by atoms with van der Waals surface area (Å²) in [7, 11) is 0. The Kier molecular flexibility index (Phi) is 7.34. The molecule has 0 atom stereocenters. The van der Waals surface area contributed by atoms with Gasteiger partial charge in [-0.2, -0.15) is 0 Å². The van der Waals surface area contributed by atoms with Gasteiger partial charge in [-0.05, 0) is 139 Å². The fourth-order valence-electron chi connectivity index (χ4n) is 12.9. The maximum absolute atomic E-state index is 7.34. The second-order valence-corrected chi connectivity index (χ2v) is 19.4. The summed E-state index contributed by atoms with van der Waals surface area (Å²) < 4.78 is 14.1. The Balaban J connectivity index is 1.10. The predicted molar refractivity (Wildman–Crippen MR) is 276 cm³/mol. The van der Waals surface area contributed by atoms with Crippen molar-refractivity contribution in [1.82, 2.24) is 0 Å². The molecule has 4 aliphatic carbocycles. The standard InChI is InChI=1S/C64H43NO2/c1-63(2)48-23-11-6-18-42(48)45-33-32-41(36-52(45)63)65(40-30-28-39(29-31-40)38-16-4-3-5-17-38)54-37-53-61(59-47-22-10-15-27-56(47)67-62(54)59)60-51(34-35-57-58(60)46-21-9-14-26-55(46)66-57)64(53)49-24-12-7-19-43(49)44-20-8-13-25-50(44)64/h3-5,7-17,19-37H,6,18H2,1-2H3. The van der Waals surface area contributed by atoms with Gasteiger partial charge in [0.2, 0.25) is 0 Å². The minimum Gasteiger partial charge on any atom is -0.456 e. The zero-order valence-electron chi connectivity index (χ0n) is 37.2. The van der Waals surface area contributed by atoms with Crippen LogP contribution >= 0.6 is 0 Å². The molecule has 316 valence electrons. The first-order valence-corrected chi connectivity index (χ1v) is 23.6. The van der Waals surface area contributed by atoms with Gasteiger partial charge in [0, 0.05) is 38.3 Å². The maximum Gasteiger partial charge on any atom is 0.160 e. The van der Waals surface area contributed by atoms with Crippen molar-refractivity contribution >= 4 is 66.5 Å². The molecule has 0 radical (unpaired) electrons. The molecule has 15 rings (SSSR count). The van der Waals surface area contributed by atoms with E-state index in [1.165, 1.54) is 77.9 Å². The van der Waals surface area contributed by atoms with E-state index in [1.54, 1.807) is 0 Å². The molecule has 0 aliphatic heterocycles. The quantitative estimate of drug-likeness (QED) is 0.177. The molecule has 2 heterocycles. The van der Waals surface area contributed by atoms with Gasteiger partial charge in [0.25, 0.3) is 0 Å². The van der Waals surface area contributed by atoms with Crippen LogP contribution in [-0.4, -0.2) is 0 Å². The lowest BCUT2D eigenvalue weighted by Crippen LogP contribution is -2.26. The summed E-state index contributed by atoms with van der Waals surface area (Å²) in [5.74, 6) is 0. The molecule has 3 nitrogen and oxygen atoms in total. The number of hydrogen-bond acceptors (Lipinski definition) is 3. The number of para-hydroxylation sites is 2. The molecule has 0 saturated carbocycles. The molecule has 9 aromatic carbocycles. The maximum atomic E-state index is 7.34. The van der Waals surface area contributed by atoms with Crippen molar-refractivity contribution < 1.29 is 8.83 Å². The average molecular weight is 858 g/mol. The summed E-state index contributed by atoms with van der Waals surface area (Å²) in [4.78, 5) is 2.48. The summed E-state index contributed by atoms with van der Waals surface area (Å²) >= 11 is 0. The second-order valence-electron chi connectivity index (χ2n) is 19.4. The van der Waals surface area contributed by atoms with E-state index in [-0.39, 0.29) is 5.41 Å². The van der Waals surface area contributed by atoms with Gasteiger partial charge >= 0.3 is 0 Å². The summed E-state index contributed by atoms with van der Waals surface area (Å²) in [5.41, 5.74) is 24.0. The molecule has 0 fully saturated rings. The van der Waals surface area contributed by atoms with Crippen LogP contribution in [0.25, 0.3) is 82.8 Å². The van der Waals surface area contributed by atoms with Crippen LogP contribution in [0.1, 0.15) is 60.1 Å². The first-order chi connectivity index (χ1) is 33.0. The Morgan fingerprint density at radius 2 is 1.09 bits per heavy atom. The lowest BCUT2D eigenvalue weighted by atomic mass is 9.70. The Hall–Kier alpha value is -8.14. The number of furan rings is 2. The minimum atomic E-state index is -0.635. The van der Waals surface area contributed by atoms with Crippen molar-refractivity contribution in [3.8, 4) is 33.4 Å². The number of anilines is 3. The number of allylic oxidation sites excluding steroid dienone is 4. The van der Waals surface area contributed by atoms with Crippen molar-refractivity contribution in [2.45, 2.75) is 37.5 Å². The minimum absolute atomic E-state index is 0.144. The van der Waals surface area contributed by atoms with Crippen LogP contribution in [0.15, 0.2) is 215 Å². The van der Waals surface area contributed by atoms with E-state index in [1.807, 2.05) is 0 Å². The Labute approximate surface area is 388 Å². The molecule has 0 saturated heterocycles. The number of nitrogens with zero attached hydrogens (tertiary/aromatic N) is 1. The molecule has 67 heavy (non-hydrogen) atoms. The highest BCUT2D eigenvalue weighted by atomic mass is 16.3. The SMILES string of the molecule is CC1(C)C2=C(CCC=C2)c2ccc(N(c3ccc(-c4ccccc4)cc3)c3cc4c(c5c3oc3ccccc35)-c3c(ccc5oc6ccccc6c35)C43c4ccccc4-c4ccccc43)cc21. The topological polar surface area (TPSA) is 29.5 Å². The van der Waals surface area contributed by atoms with Gasteiger partial charge in [-0.25, -0.2) is 0 Å². The molecule has 11 aromatic rings. The highest BCUT2D eigenvalue weighted by Crippen LogP contribution is 2.67. The average Bonchev–Trinajstić information content (AvgIpc) is 4.16. The van der Waals surface area contributed by atoms with Crippen molar-refractivity contribution in [2.75, 3.05) is 4.90 Å². The van der Waals surface area contributed by atoms with Crippen molar-refractivity contribution in [1.29, 1.82) is 0 Å². The van der Waals surface area contributed by atoms with E-state index >= 15 is 0 Å². The molecule has 0 amide bonds. The fourth-order valence-corrected chi connectivity index (χ4v) is 12.9. The highest BCUT2D eigenvalue weighted by molar-refractivity contribution is 6.25. The molecule has 0 N–H and O–H groups in total. The van der Waals surface area contributed by atoms with Crippen LogP contribution in [0.3, 0.4) is 0 Å². The Morgan fingerprint density at radius 3 is 1.85 bits per heavy atom. The van der Waals surface area contributed by atoms with E-state index in [2.05, 4.69) is 219 Å². The van der Waals surface area contributed by atoms with Gasteiger partial charge in [-0.15, -0.1) is 0 Å². The number of hydrogen-bond donors (Lipinski definition) is 0.